The van der Waals surface area contributed by atoms with Crippen molar-refractivity contribution in [2.75, 3.05) is 38.3 Å². The van der Waals surface area contributed by atoms with E-state index >= 15 is 0 Å². The molecule has 1 fully saturated rings. The van der Waals surface area contributed by atoms with E-state index in [-0.39, 0.29) is 0 Å². The molecule has 0 saturated carbocycles. The second kappa shape index (κ2) is 6.85. The minimum atomic E-state index is 0.742. The van der Waals surface area contributed by atoms with Gasteiger partial charge in [0.05, 0.1) is 24.6 Å². The number of rotatable bonds is 5. The van der Waals surface area contributed by atoms with Gasteiger partial charge in [-0.1, -0.05) is 0 Å². The number of hydrogen-bond donors (Lipinski definition) is 1. The van der Waals surface area contributed by atoms with E-state index in [1.54, 1.807) is 0 Å². The van der Waals surface area contributed by atoms with Crippen LogP contribution in [0.3, 0.4) is 0 Å². The van der Waals surface area contributed by atoms with Gasteiger partial charge in [0.1, 0.15) is 0 Å². The molecule has 0 radical (unpaired) electrons. The van der Waals surface area contributed by atoms with Gasteiger partial charge in [-0.05, 0) is 26.1 Å². The molecule has 2 aromatic heterocycles. The highest BCUT2D eigenvalue weighted by molar-refractivity contribution is 5.30. The van der Waals surface area contributed by atoms with E-state index < -0.39 is 0 Å². The van der Waals surface area contributed by atoms with Crippen molar-refractivity contribution in [1.82, 2.24) is 25.1 Å². The predicted molar refractivity (Wildman–Crippen MR) is 83.6 cm³/mol. The zero-order valence-electron chi connectivity index (χ0n) is 13.1. The van der Waals surface area contributed by atoms with Crippen LogP contribution in [-0.2, 0) is 17.8 Å². The summed E-state index contributed by atoms with van der Waals surface area (Å²) >= 11 is 0. The fourth-order valence-corrected chi connectivity index (χ4v) is 2.55. The van der Waals surface area contributed by atoms with Gasteiger partial charge in [0, 0.05) is 38.1 Å². The van der Waals surface area contributed by atoms with Gasteiger partial charge in [-0.2, -0.15) is 5.10 Å². The summed E-state index contributed by atoms with van der Waals surface area (Å²) in [4.78, 5) is 13.4. The number of hydrogen-bond acceptors (Lipinski definition) is 6. The number of nitrogens with one attached hydrogen (secondary N) is 1. The van der Waals surface area contributed by atoms with Crippen molar-refractivity contribution in [3.05, 3.63) is 35.4 Å². The van der Waals surface area contributed by atoms with Crippen molar-refractivity contribution >= 4 is 5.95 Å². The predicted octanol–water partition coefficient (Wildman–Crippen LogP) is 0.977. The fraction of sp³-hybridized carbons (Fsp3) is 0.533. The summed E-state index contributed by atoms with van der Waals surface area (Å²) in [7, 11) is 2.07. The third-order valence-corrected chi connectivity index (χ3v) is 3.62. The van der Waals surface area contributed by atoms with E-state index in [9.17, 15) is 0 Å². The van der Waals surface area contributed by atoms with Crippen LogP contribution in [0.15, 0.2) is 18.3 Å². The van der Waals surface area contributed by atoms with Gasteiger partial charge in [-0.25, -0.2) is 9.97 Å². The van der Waals surface area contributed by atoms with E-state index in [0.717, 1.165) is 62.4 Å². The molecule has 0 atom stereocenters. The van der Waals surface area contributed by atoms with Crippen LogP contribution in [-0.4, -0.2) is 58.4 Å². The van der Waals surface area contributed by atoms with Crippen LogP contribution in [0.5, 0.6) is 0 Å². The number of aryl methyl sites for hydroxylation is 1. The normalized spacial score (nSPS) is 15.5. The van der Waals surface area contributed by atoms with E-state index in [4.69, 9.17) is 4.74 Å². The molecule has 3 heterocycles. The summed E-state index contributed by atoms with van der Waals surface area (Å²) in [6.07, 6.45) is 1.83. The van der Waals surface area contributed by atoms with Crippen molar-refractivity contribution < 1.29 is 4.74 Å². The van der Waals surface area contributed by atoms with Crippen LogP contribution < -0.4 is 4.90 Å². The van der Waals surface area contributed by atoms with Gasteiger partial charge >= 0.3 is 0 Å². The maximum absolute atomic E-state index is 5.37. The van der Waals surface area contributed by atoms with Crippen molar-refractivity contribution in [2.24, 2.45) is 0 Å². The number of aromatic nitrogens is 4. The largest absolute Gasteiger partial charge is 0.378 e. The summed E-state index contributed by atoms with van der Waals surface area (Å²) in [5.74, 6) is 0.796. The Labute approximate surface area is 130 Å². The van der Waals surface area contributed by atoms with Crippen molar-refractivity contribution in [3.63, 3.8) is 0 Å². The molecule has 2 aromatic rings. The van der Waals surface area contributed by atoms with Crippen molar-refractivity contribution in [2.45, 2.75) is 20.0 Å². The van der Waals surface area contributed by atoms with E-state index in [1.165, 1.54) is 0 Å². The Balaban J connectivity index is 1.61. The standard InChI is InChI=1S/C15H22N6O/c1-12-9-14(19-18-12)11-20(2)10-13-3-4-16-15(17-13)21-5-7-22-8-6-21/h3-4,9H,5-8,10-11H2,1-2H3,(H,18,19). The molecule has 1 N–H and O–H groups in total. The summed E-state index contributed by atoms with van der Waals surface area (Å²) in [6.45, 7) is 6.76. The van der Waals surface area contributed by atoms with Crippen LogP contribution in [0.25, 0.3) is 0 Å². The Morgan fingerprint density at radius 1 is 1.27 bits per heavy atom. The molecule has 7 nitrogen and oxygen atoms in total. The molecule has 1 saturated heterocycles. The van der Waals surface area contributed by atoms with Crippen LogP contribution in [0, 0.1) is 6.92 Å². The average Bonchev–Trinajstić information content (AvgIpc) is 2.93. The highest BCUT2D eigenvalue weighted by Crippen LogP contribution is 2.11. The lowest BCUT2D eigenvalue weighted by Gasteiger charge is -2.27. The molecule has 3 rings (SSSR count). The number of morpholine rings is 1. The smallest absolute Gasteiger partial charge is 0.225 e. The second-order valence-electron chi connectivity index (χ2n) is 5.66. The number of anilines is 1. The highest BCUT2D eigenvalue weighted by Gasteiger charge is 2.14. The molecule has 1 aliphatic heterocycles. The Morgan fingerprint density at radius 2 is 2.05 bits per heavy atom. The maximum Gasteiger partial charge on any atom is 0.225 e. The summed E-state index contributed by atoms with van der Waals surface area (Å²) in [6, 6.07) is 4.03. The van der Waals surface area contributed by atoms with Crippen molar-refractivity contribution in [3.8, 4) is 0 Å². The van der Waals surface area contributed by atoms with Gasteiger partial charge in [-0.15, -0.1) is 0 Å². The van der Waals surface area contributed by atoms with Gasteiger partial charge in [0.25, 0.3) is 0 Å². The highest BCUT2D eigenvalue weighted by atomic mass is 16.5. The minimum absolute atomic E-state index is 0.742. The van der Waals surface area contributed by atoms with E-state index in [1.807, 2.05) is 19.2 Å². The Hall–Kier alpha value is -1.99. The lowest BCUT2D eigenvalue weighted by Crippen LogP contribution is -2.37. The molecular weight excluding hydrogens is 280 g/mol. The first-order valence-electron chi connectivity index (χ1n) is 7.55. The maximum atomic E-state index is 5.37. The summed E-state index contributed by atoms with van der Waals surface area (Å²) < 4.78 is 5.37. The third kappa shape index (κ3) is 3.80. The Morgan fingerprint density at radius 3 is 2.77 bits per heavy atom. The molecular formula is C15H22N6O. The van der Waals surface area contributed by atoms with Crippen LogP contribution >= 0.6 is 0 Å². The van der Waals surface area contributed by atoms with Gasteiger partial charge in [-0.3, -0.25) is 10.00 Å². The van der Waals surface area contributed by atoms with Gasteiger partial charge in [0.2, 0.25) is 5.95 Å². The Kier molecular flexibility index (Phi) is 4.65. The second-order valence-corrected chi connectivity index (χ2v) is 5.66. The summed E-state index contributed by atoms with van der Waals surface area (Å²) in [5, 5.41) is 7.24. The molecule has 0 unspecified atom stereocenters. The Bertz CT molecular complexity index is 608. The minimum Gasteiger partial charge on any atom is -0.378 e. The molecule has 118 valence electrons. The molecule has 0 amide bonds. The first-order chi connectivity index (χ1) is 10.7. The first kappa shape index (κ1) is 14.9. The summed E-state index contributed by atoms with van der Waals surface area (Å²) in [5.41, 5.74) is 3.15. The van der Waals surface area contributed by atoms with E-state index in [2.05, 4.69) is 43.1 Å². The lowest BCUT2D eigenvalue weighted by atomic mass is 10.3. The zero-order chi connectivity index (χ0) is 15.4. The molecule has 7 heteroatoms. The van der Waals surface area contributed by atoms with Crippen LogP contribution in [0.4, 0.5) is 5.95 Å². The third-order valence-electron chi connectivity index (χ3n) is 3.62. The number of nitrogens with zero attached hydrogens (tertiary/aromatic N) is 5. The van der Waals surface area contributed by atoms with Gasteiger partial charge < -0.3 is 9.64 Å². The SMILES string of the molecule is Cc1cc(CN(C)Cc2ccnc(N3CCOCC3)n2)n[nH]1. The zero-order valence-corrected chi connectivity index (χ0v) is 13.1. The molecule has 0 bridgehead atoms. The first-order valence-corrected chi connectivity index (χ1v) is 7.55. The monoisotopic (exact) mass is 302 g/mol. The van der Waals surface area contributed by atoms with Crippen LogP contribution in [0.1, 0.15) is 17.1 Å². The van der Waals surface area contributed by atoms with Crippen LogP contribution in [0.2, 0.25) is 0 Å². The van der Waals surface area contributed by atoms with Crippen molar-refractivity contribution in [1.29, 1.82) is 0 Å². The molecule has 0 aliphatic carbocycles. The number of aromatic amines is 1. The number of ether oxygens (including phenoxy) is 1. The molecule has 22 heavy (non-hydrogen) atoms. The lowest BCUT2D eigenvalue weighted by molar-refractivity contribution is 0.122. The average molecular weight is 302 g/mol. The topological polar surface area (TPSA) is 70.2 Å². The molecule has 0 aromatic carbocycles. The molecule has 0 spiro atoms. The fourth-order valence-electron chi connectivity index (χ4n) is 2.55. The molecule has 1 aliphatic rings. The quantitative estimate of drug-likeness (QED) is 0.888. The van der Waals surface area contributed by atoms with E-state index in [0.29, 0.717) is 0 Å². The van der Waals surface area contributed by atoms with Gasteiger partial charge in [0.15, 0.2) is 0 Å². The number of H-pyrrole nitrogens is 1.